The number of nitrogens with zero attached hydrogens (tertiary/aromatic N) is 1. The topological polar surface area (TPSA) is 15.3 Å². The number of rotatable bonds is 3. The largest absolute Gasteiger partial charge is 0.314 e. The quantitative estimate of drug-likeness (QED) is 0.907. The SMILES string of the molecule is CC(CC1CCCCN1)N1CCCc2ccccc2C1. The van der Waals surface area contributed by atoms with E-state index in [0.29, 0.717) is 6.04 Å². The van der Waals surface area contributed by atoms with E-state index in [2.05, 4.69) is 41.4 Å². The van der Waals surface area contributed by atoms with E-state index < -0.39 is 0 Å². The molecule has 1 saturated heterocycles. The number of hydrogen-bond donors (Lipinski definition) is 1. The summed E-state index contributed by atoms with van der Waals surface area (Å²) in [4.78, 5) is 2.70. The Bertz CT molecular complexity index is 423. The van der Waals surface area contributed by atoms with Crippen molar-refractivity contribution in [2.24, 2.45) is 0 Å². The van der Waals surface area contributed by atoms with Crippen molar-refractivity contribution in [1.82, 2.24) is 10.2 Å². The van der Waals surface area contributed by atoms with E-state index >= 15 is 0 Å². The molecule has 0 radical (unpaired) electrons. The minimum atomic E-state index is 0.691. The summed E-state index contributed by atoms with van der Waals surface area (Å²) >= 11 is 0. The molecule has 1 aromatic rings. The van der Waals surface area contributed by atoms with Gasteiger partial charge >= 0.3 is 0 Å². The summed E-state index contributed by atoms with van der Waals surface area (Å²) < 4.78 is 0. The van der Waals surface area contributed by atoms with Crippen LogP contribution in [0.1, 0.15) is 50.2 Å². The molecule has 2 atom stereocenters. The van der Waals surface area contributed by atoms with Gasteiger partial charge in [-0.1, -0.05) is 30.7 Å². The Morgan fingerprint density at radius 3 is 2.85 bits per heavy atom. The molecule has 1 aromatic carbocycles. The molecule has 3 rings (SSSR count). The van der Waals surface area contributed by atoms with Crippen molar-refractivity contribution >= 4 is 0 Å². The highest BCUT2D eigenvalue weighted by molar-refractivity contribution is 5.28. The maximum atomic E-state index is 3.70. The van der Waals surface area contributed by atoms with E-state index in [0.717, 1.165) is 12.6 Å². The van der Waals surface area contributed by atoms with E-state index in [9.17, 15) is 0 Å². The number of piperidine rings is 1. The van der Waals surface area contributed by atoms with E-state index in [1.165, 1.54) is 51.6 Å². The molecule has 2 heterocycles. The maximum absolute atomic E-state index is 3.70. The van der Waals surface area contributed by atoms with Crippen molar-refractivity contribution in [2.45, 2.75) is 64.1 Å². The van der Waals surface area contributed by atoms with Gasteiger partial charge in [-0.2, -0.15) is 0 Å². The van der Waals surface area contributed by atoms with Crippen LogP contribution in [0.25, 0.3) is 0 Å². The smallest absolute Gasteiger partial charge is 0.0239 e. The Labute approximate surface area is 123 Å². The van der Waals surface area contributed by atoms with Crippen molar-refractivity contribution in [3.05, 3.63) is 35.4 Å². The predicted molar refractivity (Wildman–Crippen MR) is 84.9 cm³/mol. The number of hydrogen-bond acceptors (Lipinski definition) is 2. The highest BCUT2D eigenvalue weighted by Gasteiger charge is 2.22. The van der Waals surface area contributed by atoms with Crippen LogP contribution in [0.5, 0.6) is 0 Å². The van der Waals surface area contributed by atoms with Crippen molar-refractivity contribution in [3.63, 3.8) is 0 Å². The first-order valence-electron chi connectivity index (χ1n) is 8.37. The Hall–Kier alpha value is -0.860. The molecule has 0 aromatic heterocycles. The molecule has 1 fully saturated rings. The lowest BCUT2D eigenvalue weighted by molar-refractivity contribution is 0.174. The van der Waals surface area contributed by atoms with Gasteiger partial charge < -0.3 is 5.32 Å². The first-order valence-corrected chi connectivity index (χ1v) is 8.37. The van der Waals surface area contributed by atoms with Crippen molar-refractivity contribution < 1.29 is 0 Å². The van der Waals surface area contributed by atoms with Crippen molar-refractivity contribution in [2.75, 3.05) is 13.1 Å². The Balaban J connectivity index is 1.61. The third-order valence-electron chi connectivity index (χ3n) is 5.04. The molecular formula is C18H28N2. The molecule has 0 amide bonds. The zero-order valence-electron chi connectivity index (χ0n) is 12.8. The van der Waals surface area contributed by atoms with Crippen LogP contribution < -0.4 is 5.32 Å². The minimum absolute atomic E-state index is 0.691. The first-order chi connectivity index (χ1) is 9.83. The van der Waals surface area contributed by atoms with Gasteiger partial charge in [0.2, 0.25) is 0 Å². The molecule has 0 aliphatic carbocycles. The van der Waals surface area contributed by atoms with Gasteiger partial charge in [-0.05, 0) is 63.2 Å². The van der Waals surface area contributed by atoms with Gasteiger partial charge in [-0.15, -0.1) is 0 Å². The normalized spacial score (nSPS) is 25.8. The first kappa shape index (κ1) is 14.1. The number of nitrogens with one attached hydrogen (secondary N) is 1. The molecular weight excluding hydrogens is 244 g/mol. The van der Waals surface area contributed by atoms with Crippen LogP contribution in [0.2, 0.25) is 0 Å². The third kappa shape index (κ3) is 3.42. The van der Waals surface area contributed by atoms with Gasteiger partial charge in [0.25, 0.3) is 0 Å². The lowest BCUT2D eigenvalue weighted by Gasteiger charge is -2.33. The summed E-state index contributed by atoms with van der Waals surface area (Å²) in [6, 6.07) is 10.4. The summed E-state index contributed by atoms with van der Waals surface area (Å²) in [6.07, 6.45) is 8.01. The zero-order chi connectivity index (χ0) is 13.8. The second kappa shape index (κ2) is 6.73. The molecule has 2 heteroatoms. The van der Waals surface area contributed by atoms with E-state index in [1.807, 2.05) is 0 Å². The Kier molecular flexibility index (Phi) is 4.74. The predicted octanol–water partition coefficient (Wildman–Crippen LogP) is 3.36. The monoisotopic (exact) mass is 272 g/mol. The minimum Gasteiger partial charge on any atom is -0.314 e. The van der Waals surface area contributed by atoms with Crippen LogP contribution in [0.3, 0.4) is 0 Å². The van der Waals surface area contributed by atoms with E-state index in [-0.39, 0.29) is 0 Å². The second-order valence-corrected chi connectivity index (χ2v) is 6.57. The molecule has 2 aliphatic rings. The second-order valence-electron chi connectivity index (χ2n) is 6.57. The van der Waals surface area contributed by atoms with Crippen molar-refractivity contribution in [3.8, 4) is 0 Å². The molecule has 0 saturated carbocycles. The highest BCUT2D eigenvalue weighted by atomic mass is 15.2. The number of aryl methyl sites for hydroxylation is 1. The zero-order valence-corrected chi connectivity index (χ0v) is 12.8. The fourth-order valence-corrected chi connectivity index (χ4v) is 3.79. The molecule has 20 heavy (non-hydrogen) atoms. The van der Waals surface area contributed by atoms with Gasteiger partial charge in [0, 0.05) is 18.6 Å². The van der Waals surface area contributed by atoms with Crippen LogP contribution >= 0.6 is 0 Å². The summed E-state index contributed by atoms with van der Waals surface area (Å²) in [6.45, 7) is 6.04. The van der Waals surface area contributed by atoms with Gasteiger partial charge in [-0.3, -0.25) is 4.90 Å². The summed E-state index contributed by atoms with van der Waals surface area (Å²) in [7, 11) is 0. The van der Waals surface area contributed by atoms with Crippen molar-refractivity contribution in [1.29, 1.82) is 0 Å². The van der Waals surface area contributed by atoms with E-state index in [1.54, 1.807) is 11.1 Å². The Morgan fingerprint density at radius 2 is 2.05 bits per heavy atom. The third-order valence-corrected chi connectivity index (χ3v) is 5.04. The van der Waals surface area contributed by atoms with Crippen LogP contribution in [0, 0.1) is 0 Å². The summed E-state index contributed by atoms with van der Waals surface area (Å²) in [5.74, 6) is 0. The summed E-state index contributed by atoms with van der Waals surface area (Å²) in [5, 5.41) is 3.70. The number of benzene rings is 1. The highest BCUT2D eigenvalue weighted by Crippen LogP contribution is 2.22. The summed E-state index contributed by atoms with van der Waals surface area (Å²) in [5.41, 5.74) is 3.12. The average molecular weight is 272 g/mol. The van der Waals surface area contributed by atoms with E-state index in [4.69, 9.17) is 0 Å². The van der Waals surface area contributed by atoms with Gasteiger partial charge in [0.15, 0.2) is 0 Å². The fourth-order valence-electron chi connectivity index (χ4n) is 3.79. The molecule has 1 N–H and O–H groups in total. The molecule has 2 aliphatic heterocycles. The average Bonchev–Trinajstić information content (AvgIpc) is 2.70. The van der Waals surface area contributed by atoms with Crippen LogP contribution in [-0.4, -0.2) is 30.1 Å². The molecule has 0 bridgehead atoms. The fraction of sp³-hybridized carbons (Fsp3) is 0.667. The molecule has 110 valence electrons. The molecule has 0 spiro atoms. The van der Waals surface area contributed by atoms with Crippen LogP contribution in [-0.2, 0) is 13.0 Å². The molecule has 2 unspecified atom stereocenters. The lowest BCUT2D eigenvalue weighted by atomic mass is 9.98. The van der Waals surface area contributed by atoms with Crippen LogP contribution in [0.4, 0.5) is 0 Å². The molecule has 2 nitrogen and oxygen atoms in total. The number of fused-ring (bicyclic) bond motifs is 1. The lowest BCUT2D eigenvalue weighted by Crippen LogP contribution is -2.41. The Morgan fingerprint density at radius 1 is 1.20 bits per heavy atom. The van der Waals surface area contributed by atoms with Gasteiger partial charge in [0.1, 0.15) is 0 Å². The van der Waals surface area contributed by atoms with Gasteiger partial charge in [-0.25, -0.2) is 0 Å². The maximum Gasteiger partial charge on any atom is 0.0239 e. The standard InChI is InChI=1S/C18H28N2/c1-15(13-18-10-4-5-11-19-18)20-12-6-9-16-7-2-3-8-17(16)14-20/h2-3,7-8,15,18-19H,4-6,9-14H2,1H3. The van der Waals surface area contributed by atoms with Gasteiger partial charge in [0.05, 0.1) is 0 Å². The van der Waals surface area contributed by atoms with Crippen LogP contribution in [0.15, 0.2) is 24.3 Å².